The summed E-state index contributed by atoms with van der Waals surface area (Å²) in [6.07, 6.45) is 0.620. The molecule has 1 aromatic rings. The van der Waals surface area contributed by atoms with Gasteiger partial charge in [-0.3, -0.25) is 0 Å². The quantitative estimate of drug-likeness (QED) is 0.669. The van der Waals surface area contributed by atoms with Crippen LogP contribution in [0.2, 0.25) is 0 Å². The Morgan fingerprint density at radius 2 is 2.20 bits per heavy atom. The summed E-state index contributed by atoms with van der Waals surface area (Å²) < 4.78 is 12.9. The van der Waals surface area contributed by atoms with E-state index in [9.17, 15) is 9.50 Å². The van der Waals surface area contributed by atoms with Crippen LogP contribution in [0, 0.1) is 5.82 Å². The van der Waals surface area contributed by atoms with Gasteiger partial charge in [0.2, 0.25) is 0 Å². The summed E-state index contributed by atoms with van der Waals surface area (Å²) in [6.45, 7) is 3.95. The molecule has 0 aliphatic heterocycles. The molecule has 1 rings (SSSR count). The predicted octanol–water partition coefficient (Wildman–Crippen LogP) is 1.98. The molecule has 1 aromatic carbocycles. The van der Waals surface area contributed by atoms with Crippen molar-refractivity contribution in [2.45, 2.75) is 25.9 Å². The van der Waals surface area contributed by atoms with Crippen LogP contribution in [0.1, 0.15) is 20.3 Å². The second-order valence-corrected chi connectivity index (χ2v) is 3.94. The molecule has 84 valence electrons. The Labute approximate surface area is 89.1 Å². The highest BCUT2D eigenvalue weighted by molar-refractivity contribution is 5.65. The fraction of sp³-hybridized carbons (Fsp3) is 0.455. The summed E-state index contributed by atoms with van der Waals surface area (Å²) in [5.41, 5.74) is 5.84. The molecule has 3 nitrogen and oxygen atoms in total. The lowest BCUT2D eigenvalue weighted by Crippen LogP contribution is -2.32. The van der Waals surface area contributed by atoms with Gasteiger partial charge in [-0.1, -0.05) is 6.92 Å². The maximum absolute atomic E-state index is 12.9. The standard InChI is InChI=1S/C11H17FN2O/c1-3-11(2,15)7-14-10-6-8(12)4-5-9(10)13/h4-6,14-15H,3,7,13H2,1-2H3. The lowest BCUT2D eigenvalue weighted by molar-refractivity contribution is 0.0697. The van der Waals surface area contributed by atoms with Crippen molar-refractivity contribution in [2.75, 3.05) is 17.6 Å². The zero-order valence-electron chi connectivity index (χ0n) is 9.05. The van der Waals surface area contributed by atoms with Gasteiger partial charge in [-0.05, 0) is 31.5 Å². The summed E-state index contributed by atoms with van der Waals surface area (Å²) in [4.78, 5) is 0. The van der Waals surface area contributed by atoms with Crippen molar-refractivity contribution in [3.8, 4) is 0 Å². The fourth-order valence-electron chi connectivity index (χ4n) is 1.09. The Morgan fingerprint density at radius 1 is 1.53 bits per heavy atom. The number of nitrogens with one attached hydrogen (secondary N) is 1. The average Bonchev–Trinajstić information content (AvgIpc) is 2.20. The van der Waals surface area contributed by atoms with Gasteiger partial charge in [-0.15, -0.1) is 0 Å². The SMILES string of the molecule is CCC(C)(O)CNc1cc(F)ccc1N. The van der Waals surface area contributed by atoms with Gasteiger partial charge in [-0.2, -0.15) is 0 Å². The molecule has 0 aliphatic rings. The predicted molar refractivity (Wildman–Crippen MR) is 60.2 cm³/mol. The highest BCUT2D eigenvalue weighted by atomic mass is 19.1. The third-order valence-corrected chi connectivity index (χ3v) is 2.44. The van der Waals surface area contributed by atoms with Crippen LogP contribution < -0.4 is 11.1 Å². The molecule has 1 unspecified atom stereocenters. The molecule has 0 radical (unpaired) electrons. The molecule has 0 bridgehead atoms. The van der Waals surface area contributed by atoms with Crippen LogP contribution >= 0.6 is 0 Å². The highest BCUT2D eigenvalue weighted by Crippen LogP contribution is 2.20. The third kappa shape index (κ3) is 3.40. The largest absolute Gasteiger partial charge is 0.397 e. The van der Waals surface area contributed by atoms with Crippen LogP contribution in [-0.2, 0) is 0 Å². The van der Waals surface area contributed by atoms with Crippen molar-refractivity contribution in [2.24, 2.45) is 0 Å². The van der Waals surface area contributed by atoms with Crippen molar-refractivity contribution in [3.63, 3.8) is 0 Å². The Hall–Kier alpha value is -1.29. The maximum Gasteiger partial charge on any atom is 0.125 e. The van der Waals surface area contributed by atoms with E-state index in [0.29, 0.717) is 24.3 Å². The molecule has 0 saturated heterocycles. The first-order valence-electron chi connectivity index (χ1n) is 4.96. The number of nitrogens with two attached hydrogens (primary N) is 1. The second kappa shape index (κ2) is 4.49. The first kappa shape index (κ1) is 11.8. The normalized spacial score (nSPS) is 14.7. The molecule has 4 N–H and O–H groups in total. The van der Waals surface area contributed by atoms with Gasteiger partial charge in [0, 0.05) is 6.54 Å². The molecule has 0 amide bonds. The minimum atomic E-state index is -0.807. The van der Waals surface area contributed by atoms with Crippen molar-refractivity contribution >= 4 is 11.4 Å². The fourth-order valence-corrected chi connectivity index (χ4v) is 1.09. The molecule has 0 aliphatic carbocycles. The highest BCUT2D eigenvalue weighted by Gasteiger charge is 2.17. The van der Waals surface area contributed by atoms with Crippen LogP contribution in [0.25, 0.3) is 0 Å². The molecular weight excluding hydrogens is 195 g/mol. The number of anilines is 2. The Morgan fingerprint density at radius 3 is 2.80 bits per heavy atom. The minimum Gasteiger partial charge on any atom is -0.397 e. The van der Waals surface area contributed by atoms with E-state index in [1.807, 2.05) is 6.92 Å². The number of aliphatic hydroxyl groups is 1. The number of hydrogen-bond donors (Lipinski definition) is 3. The molecule has 0 fully saturated rings. The summed E-state index contributed by atoms with van der Waals surface area (Å²) in [5.74, 6) is -0.345. The molecule has 1 atom stereocenters. The lowest BCUT2D eigenvalue weighted by atomic mass is 10.0. The molecule has 15 heavy (non-hydrogen) atoms. The first-order valence-corrected chi connectivity index (χ1v) is 4.96. The molecule has 4 heteroatoms. The van der Waals surface area contributed by atoms with E-state index in [1.165, 1.54) is 18.2 Å². The zero-order valence-corrected chi connectivity index (χ0v) is 9.05. The van der Waals surface area contributed by atoms with Crippen LogP contribution in [0.4, 0.5) is 15.8 Å². The first-order chi connectivity index (χ1) is 6.94. The number of halogens is 1. The van der Waals surface area contributed by atoms with E-state index in [4.69, 9.17) is 5.73 Å². The maximum atomic E-state index is 12.9. The lowest BCUT2D eigenvalue weighted by Gasteiger charge is -2.22. The number of rotatable bonds is 4. The van der Waals surface area contributed by atoms with Crippen LogP contribution in [-0.4, -0.2) is 17.3 Å². The van der Waals surface area contributed by atoms with Gasteiger partial charge in [-0.25, -0.2) is 4.39 Å². The Bertz CT molecular complexity index is 339. The number of hydrogen-bond acceptors (Lipinski definition) is 3. The van der Waals surface area contributed by atoms with E-state index in [2.05, 4.69) is 5.32 Å². The summed E-state index contributed by atoms with van der Waals surface area (Å²) in [7, 11) is 0. The topological polar surface area (TPSA) is 58.3 Å². The van der Waals surface area contributed by atoms with Crippen molar-refractivity contribution in [1.82, 2.24) is 0 Å². The molecule has 0 heterocycles. The van der Waals surface area contributed by atoms with Crippen LogP contribution in [0.5, 0.6) is 0 Å². The Kier molecular flexibility index (Phi) is 3.52. The van der Waals surface area contributed by atoms with Crippen molar-refractivity contribution < 1.29 is 9.50 Å². The van der Waals surface area contributed by atoms with Gasteiger partial charge < -0.3 is 16.2 Å². The second-order valence-electron chi connectivity index (χ2n) is 3.94. The van der Waals surface area contributed by atoms with E-state index in [-0.39, 0.29) is 5.82 Å². The van der Waals surface area contributed by atoms with Gasteiger partial charge in [0.05, 0.1) is 17.0 Å². The summed E-state index contributed by atoms with van der Waals surface area (Å²) in [6, 6.07) is 4.12. The van der Waals surface area contributed by atoms with Gasteiger partial charge in [0.15, 0.2) is 0 Å². The van der Waals surface area contributed by atoms with E-state index in [1.54, 1.807) is 6.92 Å². The molecule has 0 aromatic heterocycles. The van der Waals surface area contributed by atoms with E-state index < -0.39 is 5.60 Å². The average molecular weight is 212 g/mol. The van der Waals surface area contributed by atoms with Gasteiger partial charge >= 0.3 is 0 Å². The number of benzene rings is 1. The van der Waals surface area contributed by atoms with Crippen LogP contribution in [0.3, 0.4) is 0 Å². The Balaban J connectivity index is 2.69. The summed E-state index contributed by atoms with van der Waals surface area (Å²) in [5, 5.41) is 12.7. The third-order valence-electron chi connectivity index (χ3n) is 2.44. The monoisotopic (exact) mass is 212 g/mol. The van der Waals surface area contributed by atoms with E-state index >= 15 is 0 Å². The molecular formula is C11H17FN2O. The van der Waals surface area contributed by atoms with E-state index in [0.717, 1.165) is 0 Å². The van der Waals surface area contributed by atoms with Crippen molar-refractivity contribution in [1.29, 1.82) is 0 Å². The molecule has 0 spiro atoms. The zero-order chi connectivity index (χ0) is 11.5. The van der Waals surface area contributed by atoms with Crippen LogP contribution in [0.15, 0.2) is 18.2 Å². The van der Waals surface area contributed by atoms with Gasteiger partial charge in [0.1, 0.15) is 5.82 Å². The summed E-state index contributed by atoms with van der Waals surface area (Å²) >= 11 is 0. The van der Waals surface area contributed by atoms with Crippen molar-refractivity contribution in [3.05, 3.63) is 24.0 Å². The molecule has 0 saturated carbocycles. The number of nitrogen functional groups attached to an aromatic ring is 1. The van der Waals surface area contributed by atoms with Gasteiger partial charge in [0.25, 0.3) is 0 Å². The minimum absolute atomic E-state index is 0.344. The smallest absolute Gasteiger partial charge is 0.125 e.